The molecular formula is C33H49N3O6S. The lowest BCUT2D eigenvalue weighted by atomic mass is 9.99. The van der Waals surface area contributed by atoms with Crippen LogP contribution in [0.3, 0.4) is 0 Å². The molecular weight excluding hydrogens is 566 g/mol. The van der Waals surface area contributed by atoms with Crippen molar-refractivity contribution in [1.29, 1.82) is 0 Å². The highest BCUT2D eigenvalue weighted by molar-refractivity contribution is 7.98. The summed E-state index contributed by atoms with van der Waals surface area (Å²) in [5.41, 5.74) is 0.956. The van der Waals surface area contributed by atoms with Crippen LogP contribution in [0.5, 0.6) is 11.5 Å². The summed E-state index contributed by atoms with van der Waals surface area (Å²) in [6.07, 6.45) is 6.39. The first-order valence-electron chi connectivity index (χ1n) is 14.9. The maximum Gasteiger partial charge on any atom is 0.408 e. The number of rotatable bonds is 16. The van der Waals surface area contributed by atoms with Crippen molar-refractivity contribution in [1.82, 2.24) is 10.2 Å². The zero-order chi connectivity index (χ0) is 32.0. The van der Waals surface area contributed by atoms with Gasteiger partial charge in [0.05, 0.1) is 7.11 Å². The Labute approximate surface area is 261 Å². The average molecular weight is 616 g/mol. The predicted molar refractivity (Wildman–Crippen MR) is 174 cm³/mol. The number of unbranched alkanes of at least 4 members (excludes halogenated alkanes) is 4. The number of thioether (sulfide) groups is 1. The molecule has 0 aliphatic carbocycles. The fourth-order valence-electron chi connectivity index (χ4n) is 4.60. The molecule has 0 aromatic heterocycles. The summed E-state index contributed by atoms with van der Waals surface area (Å²) in [5, 5.41) is 16.0. The number of carbonyl (C=O) groups is 3. The number of nitrogens with zero attached hydrogens (tertiary/aromatic N) is 1. The van der Waals surface area contributed by atoms with Gasteiger partial charge in [-0.15, -0.1) is 0 Å². The van der Waals surface area contributed by atoms with E-state index in [1.807, 2.05) is 6.26 Å². The van der Waals surface area contributed by atoms with Gasteiger partial charge in [0.1, 0.15) is 29.2 Å². The topological polar surface area (TPSA) is 117 Å². The number of amides is 3. The fourth-order valence-corrected chi connectivity index (χ4v) is 5.07. The maximum atomic E-state index is 14.4. The third kappa shape index (κ3) is 12.0. The van der Waals surface area contributed by atoms with Crippen molar-refractivity contribution in [2.45, 2.75) is 90.8 Å². The summed E-state index contributed by atoms with van der Waals surface area (Å²) in [6.45, 7) is 9.50. The van der Waals surface area contributed by atoms with E-state index in [1.54, 1.807) is 87.9 Å². The zero-order valence-electron chi connectivity index (χ0n) is 26.7. The van der Waals surface area contributed by atoms with Gasteiger partial charge in [0.2, 0.25) is 5.91 Å². The number of phenols is 1. The van der Waals surface area contributed by atoms with Gasteiger partial charge >= 0.3 is 6.09 Å². The van der Waals surface area contributed by atoms with Crippen molar-refractivity contribution in [2.24, 2.45) is 0 Å². The molecule has 0 radical (unpaired) electrons. The largest absolute Gasteiger partial charge is 0.508 e. The number of phenolic OH excluding ortho intramolecular Hbond substituents is 1. The molecule has 2 rings (SSSR count). The van der Waals surface area contributed by atoms with Gasteiger partial charge in [0.25, 0.3) is 5.91 Å². The van der Waals surface area contributed by atoms with E-state index in [0.717, 1.165) is 25.7 Å². The number of carbonyl (C=O) groups excluding carboxylic acids is 3. The van der Waals surface area contributed by atoms with E-state index in [2.05, 4.69) is 17.6 Å². The minimum Gasteiger partial charge on any atom is -0.508 e. The van der Waals surface area contributed by atoms with Gasteiger partial charge in [-0.25, -0.2) is 4.79 Å². The minimum absolute atomic E-state index is 0.0972. The van der Waals surface area contributed by atoms with Crippen molar-refractivity contribution >= 4 is 35.4 Å². The van der Waals surface area contributed by atoms with Crippen LogP contribution < -0.4 is 15.4 Å². The van der Waals surface area contributed by atoms with Crippen LogP contribution >= 0.6 is 11.8 Å². The van der Waals surface area contributed by atoms with Crippen molar-refractivity contribution in [2.75, 3.05) is 31.0 Å². The first-order chi connectivity index (χ1) is 20.4. The lowest BCUT2D eigenvalue weighted by Crippen LogP contribution is -2.52. The normalized spacial score (nSPS) is 12.6. The van der Waals surface area contributed by atoms with Crippen LogP contribution in [0.2, 0.25) is 0 Å². The first-order valence-corrected chi connectivity index (χ1v) is 16.3. The summed E-state index contributed by atoms with van der Waals surface area (Å²) in [6, 6.07) is 9.97. The monoisotopic (exact) mass is 615 g/mol. The van der Waals surface area contributed by atoms with Crippen molar-refractivity contribution in [3.63, 3.8) is 0 Å². The van der Waals surface area contributed by atoms with Crippen LogP contribution in [0.25, 0.3) is 0 Å². The highest BCUT2D eigenvalue weighted by atomic mass is 32.2. The van der Waals surface area contributed by atoms with E-state index in [4.69, 9.17) is 9.47 Å². The number of ether oxygens (including phenoxy) is 2. The molecule has 9 nitrogen and oxygen atoms in total. The van der Waals surface area contributed by atoms with Gasteiger partial charge in [-0.05, 0) is 100 Å². The minimum atomic E-state index is -1.02. The van der Waals surface area contributed by atoms with Gasteiger partial charge in [-0.1, -0.05) is 38.7 Å². The molecule has 0 bridgehead atoms. The summed E-state index contributed by atoms with van der Waals surface area (Å²) < 4.78 is 10.7. The number of nitrogens with one attached hydrogen (secondary N) is 2. The molecule has 3 amide bonds. The van der Waals surface area contributed by atoms with E-state index in [0.29, 0.717) is 47.7 Å². The second-order valence-corrected chi connectivity index (χ2v) is 12.6. The summed E-state index contributed by atoms with van der Waals surface area (Å²) in [5.74, 6) is 0.601. The Morgan fingerprint density at radius 3 is 2.28 bits per heavy atom. The number of aromatic hydroxyl groups is 1. The molecule has 0 aliphatic rings. The van der Waals surface area contributed by atoms with E-state index in [1.165, 1.54) is 6.07 Å². The standard InChI is InChI=1S/C33H49N3O6S/c1-8-9-10-11-12-20-36(31(39)27(19-21-43-7)35-32(40)42-33(3,4)5)29(24-13-18-28(37)23(2)22-24)30(38)34-25-14-16-26(41-6)17-15-25/h13-18,22,27,29,37H,8-12,19-21H2,1-7H3,(H,34,38)(H,35,40). The molecule has 0 fully saturated rings. The number of hydrogen-bond donors (Lipinski definition) is 3. The fraction of sp³-hybridized carbons (Fsp3) is 0.545. The first kappa shape index (κ1) is 35.8. The van der Waals surface area contributed by atoms with Gasteiger partial charge < -0.3 is 30.1 Å². The Bertz CT molecular complexity index is 1180. The Morgan fingerprint density at radius 1 is 1.02 bits per heavy atom. The van der Waals surface area contributed by atoms with Crippen LogP contribution in [-0.2, 0) is 14.3 Å². The predicted octanol–water partition coefficient (Wildman–Crippen LogP) is 6.83. The number of hydrogen-bond acceptors (Lipinski definition) is 7. The number of alkyl carbamates (subject to hydrolysis) is 1. The van der Waals surface area contributed by atoms with Gasteiger partial charge in [-0.3, -0.25) is 9.59 Å². The highest BCUT2D eigenvalue weighted by Gasteiger charge is 2.36. The third-order valence-corrected chi connectivity index (χ3v) is 7.48. The second-order valence-electron chi connectivity index (χ2n) is 11.6. The Kier molecular flexibility index (Phi) is 14.7. The Balaban J connectivity index is 2.54. The molecule has 0 saturated carbocycles. The Hall–Kier alpha value is -3.40. The summed E-state index contributed by atoms with van der Waals surface area (Å²) in [7, 11) is 1.57. The number of anilines is 1. The van der Waals surface area contributed by atoms with Gasteiger partial charge in [0, 0.05) is 12.2 Å². The van der Waals surface area contributed by atoms with Gasteiger partial charge in [0.15, 0.2) is 0 Å². The summed E-state index contributed by atoms with van der Waals surface area (Å²) >= 11 is 1.57. The molecule has 3 N–H and O–H groups in total. The molecule has 238 valence electrons. The molecule has 0 heterocycles. The average Bonchev–Trinajstić information content (AvgIpc) is 2.95. The number of aryl methyl sites for hydroxylation is 1. The second kappa shape index (κ2) is 17.7. The maximum absolute atomic E-state index is 14.4. The molecule has 0 spiro atoms. The quantitative estimate of drug-likeness (QED) is 0.177. The van der Waals surface area contributed by atoms with Crippen LogP contribution in [0.15, 0.2) is 42.5 Å². The molecule has 0 saturated heterocycles. The van der Waals surface area contributed by atoms with Crippen LogP contribution in [0, 0.1) is 6.92 Å². The zero-order valence-corrected chi connectivity index (χ0v) is 27.5. The van der Waals surface area contributed by atoms with E-state index in [9.17, 15) is 19.5 Å². The van der Waals surface area contributed by atoms with E-state index >= 15 is 0 Å². The SMILES string of the molecule is CCCCCCCN(C(=O)C(CCSC)NC(=O)OC(C)(C)C)C(C(=O)Nc1ccc(OC)cc1)c1ccc(O)c(C)c1. The smallest absolute Gasteiger partial charge is 0.408 e. The lowest BCUT2D eigenvalue weighted by molar-refractivity contribution is -0.141. The van der Waals surface area contributed by atoms with Crippen LogP contribution in [-0.4, -0.2) is 65.2 Å². The highest BCUT2D eigenvalue weighted by Crippen LogP contribution is 2.29. The number of methoxy groups -OCH3 is 1. The molecule has 2 aromatic rings. The number of benzene rings is 2. The third-order valence-electron chi connectivity index (χ3n) is 6.84. The van der Waals surface area contributed by atoms with E-state index in [-0.39, 0.29) is 11.7 Å². The van der Waals surface area contributed by atoms with Crippen molar-refractivity contribution in [3.05, 3.63) is 53.6 Å². The molecule has 2 atom stereocenters. The molecule has 2 unspecified atom stereocenters. The molecule has 10 heteroatoms. The lowest BCUT2D eigenvalue weighted by Gasteiger charge is -2.35. The molecule has 0 aliphatic heterocycles. The molecule has 2 aromatic carbocycles. The van der Waals surface area contributed by atoms with Crippen molar-refractivity contribution in [3.8, 4) is 11.5 Å². The Morgan fingerprint density at radius 2 is 1.70 bits per heavy atom. The van der Waals surface area contributed by atoms with E-state index < -0.39 is 29.7 Å². The summed E-state index contributed by atoms with van der Waals surface area (Å²) in [4.78, 5) is 42.8. The van der Waals surface area contributed by atoms with Gasteiger partial charge in [-0.2, -0.15) is 11.8 Å². The van der Waals surface area contributed by atoms with Crippen LogP contribution in [0.4, 0.5) is 10.5 Å². The van der Waals surface area contributed by atoms with Crippen LogP contribution in [0.1, 0.15) is 83.4 Å². The molecule has 43 heavy (non-hydrogen) atoms. The van der Waals surface area contributed by atoms with Crippen molar-refractivity contribution < 1.29 is 29.0 Å².